The van der Waals surface area contributed by atoms with Gasteiger partial charge in [-0.3, -0.25) is 4.79 Å². The highest BCUT2D eigenvalue weighted by molar-refractivity contribution is 14.1. The van der Waals surface area contributed by atoms with Crippen LogP contribution in [0.1, 0.15) is 0 Å². The maximum Gasteiger partial charge on any atom is 0.573 e. The summed E-state index contributed by atoms with van der Waals surface area (Å²) in [4.78, 5) is 12.0. The van der Waals surface area contributed by atoms with Crippen molar-refractivity contribution in [3.8, 4) is 5.75 Å². The normalized spacial score (nSPS) is 12.5. The zero-order valence-electron chi connectivity index (χ0n) is 7.71. The number of alkyl halides is 3. The first-order valence-corrected chi connectivity index (χ1v) is 6.34. The Labute approximate surface area is 106 Å². The highest BCUT2D eigenvalue weighted by Crippen LogP contribution is 2.29. The van der Waals surface area contributed by atoms with E-state index in [0.717, 1.165) is 0 Å². The van der Waals surface area contributed by atoms with Crippen LogP contribution in [0.5, 0.6) is 5.75 Å². The summed E-state index contributed by atoms with van der Waals surface area (Å²) in [6.07, 6.45) is -5.13. The topological polar surface area (TPSA) is 102 Å². The third-order valence-corrected chi connectivity index (χ3v) is 3.58. The Kier molecular flexibility index (Phi) is 3.73. The maximum absolute atomic E-state index is 12.0. The Morgan fingerprint density at radius 1 is 1.41 bits per heavy atom. The van der Waals surface area contributed by atoms with Crippen LogP contribution in [0.2, 0.25) is 0 Å². The van der Waals surface area contributed by atoms with Crippen molar-refractivity contribution in [2.45, 2.75) is 11.3 Å². The second-order valence-electron chi connectivity index (χ2n) is 2.73. The van der Waals surface area contributed by atoms with Crippen LogP contribution in [0, 0.1) is 3.70 Å². The molecule has 0 radical (unpaired) electrons. The molecule has 1 aromatic rings. The molecule has 0 saturated heterocycles. The number of halogens is 4. The minimum absolute atomic E-state index is 0.357. The fourth-order valence-corrected chi connectivity index (χ4v) is 3.09. The first-order chi connectivity index (χ1) is 7.50. The summed E-state index contributed by atoms with van der Waals surface area (Å²) in [5.41, 5.74) is -0.943. The average molecular weight is 384 g/mol. The predicted molar refractivity (Wildman–Crippen MR) is 57.8 cm³/mol. The number of ether oxygens (including phenoxy) is 1. The zero-order valence-corrected chi connectivity index (χ0v) is 10.7. The van der Waals surface area contributed by atoms with Gasteiger partial charge in [0.05, 0.1) is 0 Å². The summed E-state index contributed by atoms with van der Waals surface area (Å²) >= 11 is 1.33. The summed E-state index contributed by atoms with van der Waals surface area (Å²) in [7, 11) is -4.46. The molecule has 6 nitrogen and oxygen atoms in total. The molecule has 0 aliphatic carbocycles. The smallest absolute Gasteiger partial charge is 0.404 e. The van der Waals surface area contributed by atoms with Gasteiger partial charge in [-0.15, -0.1) is 13.2 Å². The van der Waals surface area contributed by atoms with Gasteiger partial charge >= 0.3 is 6.36 Å². The van der Waals surface area contributed by atoms with Crippen LogP contribution in [0.4, 0.5) is 13.2 Å². The second-order valence-corrected chi connectivity index (χ2v) is 5.31. The maximum atomic E-state index is 12.0. The lowest BCUT2D eigenvalue weighted by atomic mass is 10.4. The number of H-pyrrole nitrogens is 1. The number of sulfonamides is 1. The molecule has 0 aliphatic rings. The van der Waals surface area contributed by atoms with E-state index in [1.54, 1.807) is 0 Å². The van der Waals surface area contributed by atoms with Crippen molar-refractivity contribution in [2.24, 2.45) is 5.14 Å². The summed E-state index contributed by atoms with van der Waals surface area (Å²) in [6.45, 7) is 0. The Balaban J connectivity index is 3.53. The van der Waals surface area contributed by atoms with Crippen molar-refractivity contribution in [3.05, 3.63) is 20.1 Å². The molecule has 0 bridgehead atoms. The Hall–Kier alpha value is -0.820. The Bertz CT molecular complexity index is 594. The molecule has 0 aliphatic heterocycles. The van der Waals surface area contributed by atoms with Crippen molar-refractivity contribution in [2.75, 3.05) is 0 Å². The van der Waals surface area contributed by atoms with Gasteiger partial charge < -0.3 is 9.72 Å². The summed E-state index contributed by atoms with van der Waals surface area (Å²) in [5.74, 6) is -1.16. The first kappa shape index (κ1) is 14.2. The number of pyridine rings is 1. The molecule has 0 spiro atoms. The van der Waals surface area contributed by atoms with Crippen LogP contribution >= 0.6 is 22.6 Å². The average Bonchev–Trinajstić information content (AvgIpc) is 1.94. The number of hydrogen-bond donors (Lipinski definition) is 2. The number of primary sulfonamides is 1. The van der Waals surface area contributed by atoms with Crippen molar-refractivity contribution in [1.82, 2.24) is 4.98 Å². The van der Waals surface area contributed by atoms with Gasteiger partial charge in [0.25, 0.3) is 5.56 Å². The van der Waals surface area contributed by atoms with Crippen LogP contribution in [-0.4, -0.2) is 19.8 Å². The van der Waals surface area contributed by atoms with E-state index in [-0.39, 0.29) is 3.70 Å². The minimum Gasteiger partial charge on any atom is -0.404 e. The van der Waals surface area contributed by atoms with Crippen LogP contribution in [0.15, 0.2) is 15.8 Å². The van der Waals surface area contributed by atoms with Crippen LogP contribution < -0.4 is 15.4 Å². The molecule has 0 atom stereocenters. The number of rotatable bonds is 2. The molecular weight excluding hydrogens is 380 g/mol. The molecule has 0 amide bonds. The number of aromatic nitrogens is 1. The Morgan fingerprint density at radius 2 is 1.94 bits per heavy atom. The van der Waals surface area contributed by atoms with E-state index in [4.69, 9.17) is 5.14 Å². The van der Waals surface area contributed by atoms with Crippen LogP contribution in [0.25, 0.3) is 0 Å². The fourth-order valence-electron chi connectivity index (χ4n) is 0.959. The Morgan fingerprint density at radius 3 is 2.35 bits per heavy atom. The second kappa shape index (κ2) is 4.45. The third kappa shape index (κ3) is 3.85. The van der Waals surface area contributed by atoms with Gasteiger partial charge in [0.2, 0.25) is 10.0 Å². The van der Waals surface area contributed by atoms with Gasteiger partial charge in [-0.2, -0.15) is 0 Å². The number of nitrogens with two attached hydrogens (primary N) is 1. The molecular formula is C6H4F3IN2O4S. The van der Waals surface area contributed by atoms with Crippen LogP contribution in [0.3, 0.4) is 0 Å². The van der Waals surface area contributed by atoms with Crippen molar-refractivity contribution in [3.63, 3.8) is 0 Å². The van der Waals surface area contributed by atoms with Gasteiger partial charge in [0, 0.05) is 6.07 Å². The third-order valence-electron chi connectivity index (χ3n) is 1.43. The summed E-state index contributed by atoms with van der Waals surface area (Å²) in [6, 6.07) is 0.357. The number of aromatic amines is 1. The molecule has 1 aromatic heterocycles. The van der Waals surface area contributed by atoms with Crippen molar-refractivity contribution >= 4 is 32.6 Å². The van der Waals surface area contributed by atoms with E-state index in [0.29, 0.717) is 6.07 Å². The molecule has 0 fully saturated rings. The molecule has 0 saturated carbocycles. The highest BCUT2D eigenvalue weighted by Gasteiger charge is 2.34. The SMILES string of the molecule is NS(=O)(=O)c1c(OC(F)(F)F)cc(=O)[nH]c1I. The molecule has 1 rings (SSSR count). The van der Waals surface area contributed by atoms with Gasteiger partial charge in [0.15, 0.2) is 10.6 Å². The van der Waals surface area contributed by atoms with E-state index in [9.17, 15) is 26.4 Å². The van der Waals surface area contributed by atoms with Gasteiger partial charge in [-0.05, 0) is 22.6 Å². The quantitative estimate of drug-likeness (QED) is 0.574. The molecule has 96 valence electrons. The standard InChI is InChI=1S/C6H4F3IN2O4S/c7-6(8,9)16-2-1-3(13)12-5(10)4(2)17(11,14)15/h1H,(H,12,13)(H2,11,14,15). The van der Waals surface area contributed by atoms with E-state index in [1.165, 1.54) is 22.6 Å². The van der Waals surface area contributed by atoms with E-state index in [1.807, 2.05) is 4.98 Å². The lowest BCUT2D eigenvalue weighted by molar-refractivity contribution is -0.275. The van der Waals surface area contributed by atoms with Gasteiger partial charge in [0.1, 0.15) is 3.70 Å². The number of hydrogen-bond acceptors (Lipinski definition) is 4. The van der Waals surface area contributed by atoms with Crippen molar-refractivity contribution < 1.29 is 26.3 Å². The van der Waals surface area contributed by atoms with Gasteiger partial charge in [-0.25, -0.2) is 13.6 Å². The van der Waals surface area contributed by atoms with Crippen LogP contribution in [-0.2, 0) is 10.0 Å². The highest BCUT2D eigenvalue weighted by atomic mass is 127. The molecule has 11 heteroatoms. The van der Waals surface area contributed by atoms with E-state index < -0.39 is 32.6 Å². The van der Waals surface area contributed by atoms with Crippen molar-refractivity contribution in [1.29, 1.82) is 0 Å². The number of nitrogens with one attached hydrogen (secondary N) is 1. The minimum atomic E-state index is -5.13. The van der Waals surface area contributed by atoms with Gasteiger partial charge in [-0.1, -0.05) is 0 Å². The molecule has 1 heterocycles. The first-order valence-electron chi connectivity index (χ1n) is 3.72. The zero-order chi connectivity index (χ0) is 13.4. The van der Waals surface area contributed by atoms with E-state index >= 15 is 0 Å². The summed E-state index contributed by atoms with van der Waals surface area (Å²) < 4.78 is 61.2. The monoisotopic (exact) mass is 384 g/mol. The molecule has 0 unspecified atom stereocenters. The lowest BCUT2D eigenvalue weighted by Gasteiger charge is -2.12. The fraction of sp³-hybridized carbons (Fsp3) is 0.167. The predicted octanol–water partition coefficient (Wildman–Crippen LogP) is 0.526. The largest absolute Gasteiger partial charge is 0.573 e. The van der Waals surface area contributed by atoms with E-state index in [2.05, 4.69) is 4.74 Å². The lowest BCUT2D eigenvalue weighted by Crippen LogP contribution is -2.24. The summed E-state index contributed by atoms with van der Waals surface area (Å²) in [5, 5.41) is 4.73. The molecule has 0 aromatic carbocycles. The molecule has 3 N–H and O–H groups in total. The molecule has 17 heavy (non-hydrogen) atoms.